The Morgan fingerprint density at radius 2 is 2.05 bits per heavy atom. The molecule has 20 heavy (non-hydrogen) atoms. The summed E-state index contributed by atoms with van der Waals surface area (Å²) in [6.07, 6.45) is 4.53. The average Bonchev–Trinajstić information content (AvgIpc) is 2.40. The van der Waals surface area contributed by atoms with Crippen LogP contribution in [0, 0.1) is 23.0 Å². The van der Waals surface area contributed by atoms with Gasteiger partial charge in [0, 0.05) is 23.2 Å². The van der Waals surface area contributed by atoms with E-state index in [2.05, 4.69) is 12.2 Å². The van der Waals surface area contributed by atoms with Gasteiger partial charge in [-0.25, -0.2) is 0 Å². The van der Waals surface area contributed by atoms with Gasteiger partial charge < -0.3 is 5.32 Å². The Morgan fingerprint density at radius 1 is 1.35 bits per heavy atom. The highest BCUT2D eigenvalue weighted by Crippen LogP contribution is 2.24. The molecule has 1 fully saturated rings. The van der Waals surface area contributed by atoms with Gasteiger partial charge in [0.25, 0.3) is 11.6 Å². The minimum atomic E-state index is -0.430. The third kappa shape index (κ3) is 3.15. The van der Waals surface area contributed by atoms with Crippen LogP contribution in [0.1, 0.15) is 48.5 Å². The van der Waals surface area contributed by atoms with E-state index in [9.17, 15) is 14.9 Å². The second kappa shape index (κ2) is 6.03. The molecule has 1 amide bonds. The number of benzene rings is 1. The molecule has 0 saturated heterocycles. The van der Waals surface area contributed by atoms with Crippen molar-refractivity contribution in [2.75, 3.05) is 0 Å². The van der Waals surface area contributed by atoms with Gasteiger partial charge in [0.2, 0.25) is 0 Å². The van der Waals surface area contributed by atoms with Crippen molar-refractivity contribution in [3.63, 3.8) is 0 Å². The number of carbonyl (C=O) groups excluding carboxylic acids is 1. The van der Waals surface area contributed by atoms with E-state index >= 15 is 0 Å². The normalized spacial score (nSPS) is 22.3. The fourth-order valence-electron chi connectivity index (χ4n) is 2.78. The molecule has 0 bridgehead atoms. The third-order valence-corrected chi connectivity index (χ3v) is 4.08. The predicted molar refractivity (Wildman–Crippen MR) is 76.7 cm³/mol. The summed E-state index contributed by atoms with van der Waals surface area (Å²) in [7, 11) is 0. The monoisotopic (exact) mass is 276 g/mol. The predicted octanol–water partition coefficient (Wildman–Crippen LogP) is 3.21. The molecule has 1 saturated carbocycles. The van der Waals surface area contributed by atoms with E-state index in [4.69, 9.17) is 0 Å². The minimum Gasteiger partial charge on any atom is -0.349 e. The maximum Gasteiger partial charge on any atom is 0.272 e. The lowest BCUT2D eigenvalue weighted by atomic mass is 9.86. The number of nitro benzene ring substituents is 1. The van der Waals surface area contributed by atoms with E-state index in [0.29, 0.717) is 17.0 Å². The molecule has 108 valence electrons. The van der Waals surface area contributed by atoms with Crippen LogP contribution < -0.4 is 5.32 Å². The van der Waals surface area contributed by atoms with Crippen LogP contribution in [0.15, 0.2) is 18.2 Å². The van der Waals surface area contributed by atoms with Crippen molar-refractivity contribution in [2.45, 2.75) is 45.6 Å². The number of aryl methyl sites for hydroxylation is 1. The van der Waals surface area contributed by atoms with Crippen LogP contribution in [0.3, 0.4) is 0 Å². The van der Waals surface area contributed by atoms with Gasteiger partial charge in [-0.05, 0) is 37.8 Å². The van der Waals surface area contributed by atoms with Crippen molar-refractivity contribution in [3.8, 4) is 0 Å². The van der Waals surface area contributed by atoms with Gasteiger partial charge in [-0.15, -0.1) is 0 Å². The first-order valence-electron chi connectivity index (χ1n) is 7.05. The third-order valence-electron chi connectivity index (χ3n) is 4.08. The minimum absolute atomic E-state index is 0.0487. The molecule has 2 rings (SSSR count). The summed E-state index contributed by atoms with van der Waals surface area (Å²) in [6, 6.07) is 4.72. The Labute approximate surface area is 118 Å². The quantitative estimate of drug-likeness (QED) is 0.680. The molecule has 5 nitrogen and oxygen atoms in total. The number of carbonyl (C=O) groups is 1. The topological polar surface area (TPSA) is 72.2 Å². The molecule has 1 aromatic rings. The largest absolute Gasteiger partial charge is 0.349 e. The Balaban J connectivity index is 2.09. The summed E-state index contributed by atoms with van der Waals surface area (Å²) in [5.74, 6) is 0.355. The van der Waals surface area contributed by atoms with Crippen molar-refractivity contribution < 1.29 is 9.72 Å². The molecule has 1 aliphatic rings. The fraction of sp³-hybridized carbons (Fsp3) is 0.533. The summed E-state index contributed by atoms with van der Waals surface area (Å²) < 4.78 is 0. The van der Waals surface area contributed by atoms with Gasteiger partial charge in [-0.3, -0.25) is 14.9 Å². The molecule has 0 aromatic heterocycles. The maximum absolute atomic E-state index is 12.2. The van der Waals surface area contributed by atoms with E-state index in [0.717, 1.165) is 19.3 Å². The number of nitrogens with zero attached hydrogens (tertiary/aromatic N) is 1. The van der Waals surface area contributed by atoms with Crippen LogP contribution in [-0.4, -0.2) is 16.9 Å². The molecule has 1 N–H and O–H groups in total. The summed E-state index contributed by atoms with van der Waals surface area (Å²) in [4.78, 5) is 22.5. The van der Waals surface area contributed by atoms with Gasteiger partial charge in [-0.1, -0.05) is 19.8 Å². The van der Waals surface area contributed by atoms with Crippen molar-refractivity contribution in [2.24, 2.45) is 5.92 Å². The Morgan fingerprint density at radius 3 is 2.65 bits per heavy atom. The van der Waals surface area contributed by atoms with Gasteiger partial charge >= 0.3 is 0 Å². The van der Waals surface area contributed by atoms with Gasteiger partial charge in [0.15, 0.2) is 0 Å². The second-order valence-electron chi connectivity index (χ2n) is 5.60. The number of nitro groups is 1. The highest BCUT2D eigenvalue weighted by atomic mass is 16.6. The first-order chi connectivity index (χ1) is 9.49. The zero-order valence-corrected chi connectivity index (χ0v) is 11.9. The van der Waals surface area contributed by atoms with Crippen molar-refractivity contribution in [3.05, 3.63) is 39.4 Å². The van der Waals surface area contributed by atoms with Crippen molar-refractivity contribution in [1.82, 2.24) is 5.32 Å². The Hall–Kier alpha value is -1.91. The number of amides is 1. The van der Waals surface area contributed by atoms with Gasteiger partial charge in [-0.2, -0.15) is 0 Å². The molecule has 2 atom stereocenters. The zero-order valence-electron chi connectivity index (χ0n) is 11.9. The van der Waals surface area contributed by atoms with Crippen LogP contribution in [0.2, 0.25) is 0 Å². The average molecular weight is 276 g/mol. The van der Waals surface area contributed by atoms with E-state index in [1.165, 1.54) is 18.6 Å². The summed E-state index contributed by atoms with van der Waals surface area (Å²) in [5.41, 5.74) is 1.05. The lowest BCUT2D eigenvalue weighted by Crippen LogP contribution is -2.41. The van der Waals surface area contributed by atoms with Crippen LogP contribution in [0.4, 0.5) is 5.69 Å². The fourth-order valence-corrected chi connectivity index (χ4v) is 2.78. The molecular weight excluding hydrogens is 256 g/mol. The van der Waals surface area contributed by atoms with Gasteiger partial charge in [0.05, 0.1) is 4.92 Å². The molecule has 0 spiro atoms. The number of hydrogen-bond donors (Lipinski definition) is 1. The Bertz CT molecular complexity index is 528. The van der Waals surface area contributed by atoms with Crippen LogP contribution in [0.5, 0.6) is 0 Å². The number of nitrogens with one attached hydrogen (secondary N) is 1. The molecule has 0 heterocycles. The van der Waals surface area contributed by atoms with Gasteiger partial charge in [0.1, 0.15) is 0 Å². The highest BCUT2D eigenvalue weighted by Gasteiger charge is 2.23. The second-order valence-corrected chi connectivity index (χ2v) is 5.60. The van der Waals surface area contributed by atoms with Crippen molar-refractivity contribution >= 4 is 11.6 Å². The molecule has 5 heteroatoms. The molecular formula is C15H20N2O3. The molecule has 1 aliphatic carbocycles. The van der Waals surface area contributed by atoms with Crippen LogP contribution in [-0.2, 0) is 0 Å². The SMILES string of the molecule is Cc1cc(C(=O)N[C@H]2CCCC[C@H]2C)ccc1[N+](=O)[O-]. The number of rotatable bonds is 3. The van der Waals surface area contributed by atoms with Crippen molar-refractivity contribution in [1.29, 1.82) is 0 Å². The van der Waals surface area contributed by atoms with E-state index in [-0.39, 0.29) is 17.6 Å². The van der Waals surface area contributed by atoms with E-state index in [1.807, 2.05) is 0 Å². The molecule has 0 aliphatic heterocycles. The summed E-state index contributed by atoms with van der Waals surface area (Å²) >= 11 is 0. The lowest BCUT2D eigenvalue weighted by Gasteiger charge is -2.29. The molecule has 1 aromatic carbocycles. The Kier molecular flexibility index (Phi) is 4.37. The molecule has 0 unspecified atom stereocenters. The van der Waals surface area contributed by atoms with E-state index in [1.54, 1.807) is 13.0 Å². The molecule has 0 radical (unpaired) electrons. The first kappa shape index (κ1) is 14.5. The van der Waals surface area contributed by atoms with Crippen LogP contribution >= 0.6 is 0 Å². The maximum atomic E-state index is 12.2. The zero-order chi connectivity index (χ0) is 14.7. The standard InChI is InChI=1S/C15H20N2O3/c1-10-5-3-4-6-13(10)16-15(18)12-7-8-14(17(19)20)11(2)9-12/h7-10,13H,3-6H2,1-2H3,(H,16,18)/t10-,13+/m1/s1. The van der Waals surface area contributed by atoms with E-state index < -0.39 is 4.92 Å². The van der Waals surface area contributed by atoms with Crippen LogP contribution in [0.25, 0.3) is 0 Å². The number of hydrogen-bond acceptors (Lipinski definition) is 3. The summed E-state index contributed by atoms with van der Waals surface area (Å²) in [5, 5.41) is 13.8. The highest BCUT2D eigenvalue weighted by molar-refractivity contribution is 5.94. The smallest absolute Gasteiger partial charge is 0.272 e. The first-order valence-corrected chi connectivity index (χ1v) is 7.05. The summed E-state index contributed by atoms with van der Waals surface area (Å²) in [6.45, 7) is 3.81. The lowest BCUT2D eigenvalue weighted by molar-refractivity contribution is -0.385.